The van der Waals surface area contributed by atoms with Gasteiger partial charge in [-0.25, -0.2) is 9.97 Å². The molecule has 6 heteroatoms. The number of nitrogens with one attached hydrogen (secondary N) is 1. The third-order valence-electron chi connectivity index (χ3n) is 3.82. The van der Waals surface area contributed by atoms with Crippen LogP contribution in [0.5, 0.6) is 0 Å². The molecular formula is C19H21N3O2S. The number of aromatic nitrogens is 3. The minimum Gasteiger partial charge on any atom is -0.441 e. The molecule has 0 saturated heterocycles. The lowest BCUT2D eigenvalue weighted by atomic mass is 10.1. The molecule has 0 aliphatic carbocycles. The summed E-state index contributed by atoms with van der Waals surface area (Å²) in [6.07, 6.45) is 1.76. The first-order valence-electron chi connectivity index (χ1n) is 8.31. The predicted molar refractivity (Wildman–Crippen MR) is 99.8 cm³/mol. The predicted octanol–water partition coefficient (Wildman–Crippen LogP) is 4.29. The van der Waals surface area contributed by atoms with E-state index in [1.165, 1.54) is 17.3 Å². The van der Waals surface area contributed by atoms with E-state index in [-0.39, 0.29) is 5.56 Å². The van der Waals surface area contributed by atoms with Crippen molar-refractivity contribution in [2.24, 2.45) is 0 Å². The van der Waals surface area contributed by atoms with Crippen LogP contribution in [0.2, 0.25) is 0 Å². The van der Waals surface area contributed by atoms with Crippen LogP contribution in [0, 0.1) is 13.8 Å². The van der Waals surface area contributed by atoms with E-state index in [9.17, 15) is 4.79 Å². The Balaban J connectivity index is 1.76. The molecule has 130 valence electrons. The van der Waals surface area contributed by atoms with Gasteiger partial charge in [0.15, 0.2) is 5.16 Å². The fourth-order valence-electron chi connectivity index (χ4n) is 2.45. The second-order valence-corrected chi connectivity index (χ2v) is 6.93. The van der Waals surface area contributed by atoms with Gasteiger partial charge in [0.25, 0.3) is 5.56 Å². The monoisotopic (exact) mass is 355 g/mol. The number of hydrogen-bond donors (Lipinski definition) is 1. The summed E-state index contributed by atoms with van der Waals surface area (Å²) in [6, 6.07) is 9.65. The molecule has 0 aliphatic heterocycles. The number of H-pyrrole nitrogens is 1. The summed E-state index contributed by atoms with van der Waals surface area (Å²) in [6.45, 7) is 6.03. The number of benzene rings is 1. The normalized spacial score (nSPS) is 11.0. The molecule has 1 aromatic carbocycles. The fourth-order valence-corrected chi connectivity index (χ4v) is 3.35. The summed E-state index contributed by atoms with van der Waals surface area (Å²) < 4.78 is 5.80. The summed E-state index contributed by atoms with van der Waals surface area (Å²) in [7, 11) is 0. The SMILES string of the molecule is CCCc1cc(=O)[nH]c(SCc2nc(-c3ccc(C)cc3)oc2C)n1. The number of oxazole rings is 1. The van der Waals surface area contributed by atoms with Gasteiger partial charge in [0.1, 0.15) is 5.76 Å². The van der Waals surface area contributed by atoms with Crippen molar-refractivity contribution in [3.05, 3.63) is 63.4 Å². The van der Waals surface area contributed by atoms with E-state index in [2.05, 4.69) is 21.9 Å². The topological polar surface area (TPSA) is 71.8 Å². The molecule has 0 spiro atoms. The summed E-state index contributed by atoms with van der Waals surface area (Å²) in [5.74, 6) is 2.00. The molecule has 0 bridgehead atoms. The summed E-state index contributed by atoms with van der Waals surface area (Å²) in [4.78, 5) is 23.6. The third-order valence-corrected chi connectivity index (χ3v) is 4.70. The molecule has 0 aliphatic rings. The minimum absolute atomic E-state index is 0.113. The Labute approximate surface area is 150 Å². The highest BCUT2D eigenvalue weighted by Crippen LogP contribution is 2.26. The standard InChI is InChI=1S/C19H21N3O2S/c1-4-5-15-10-17(23)22-19(20-15)25-11-16-13(3)24-18(21-16)14-8-6-12(2)7-9-14/h6-10H,4-5,11H2,1-3H3,(H,20,22,23). The number of aromatic amines is 1. The van der Waals surface area contributed by atoms with Gasteiger partial charge < -0.3 is 9.40 Å². The maximum absolute atomic E-state index is 11.7. The van der Waals surface area contributed by atoms with E-state index in [0.29, 0.717) is 16.8 Å². The lowest BCUT2D eigenvalue weighted by molar-refractivity contribution is 0.540. The maximum atomic E-state index is 11.7. The number of hydrogen-bond acceptors (Lipinski definition) is 5. The van der Waals surface area contributed by atoms with Crippen molar-refractivity contribution in [1.82, 2.24) is 15.0 Å². The molecule has 3 aromatic rings. The van der Waals surface area contributed by atoms with Crippen molar-refractivity contribution in [2.75, 3.05) is 0 Å². The maximum Gasteiger partial charge on any atom is 0.251 e. The van der Waals surface area contributed by atoms with E-state index in [1.807, 2.05) is 38.1 Å². The van der Waals surface area contributed by atoms with Crippen LogP contribution >= 0.6 is 11.8 Å². The highest BCUT2D eigenvalue weighted by molar-refractivity contribution is 7.98. The van der Waals surface area contributed by atoms with E-state index < -0.39 is 0 Å². The van der Waals surface area contributed by atoms with E-state index in [4.69, 9.17) is 4.42 Å². The van der Waals surface area contributed by atoms with E-state index >= 15 is 0 Å². The van der Waals surface area contributed by atoms with Gasteiger partial charge in [-0.1, -0.05) is 42.8 Å². The molecule has 2 heterocycles. The van der Waals surface area contributed by atoms with Gasteiger partial charge in [0, 0.05) is 23.1 Å². The van der Waals surface area contributed by atoms with Crippen molar-refractivity contribution in [1.29, 1.82) is 0 Å². The highest BCUT2D eigenvalue weighted by Gasteiger charge is 2.12. The molecule has 0 amide bonds. The molecule has 0 unspecified atom stereocenters. The third kappa shape index (κ3) is 4.39. The van der Waals surface area contributed by atoms with Crippen LogP contribution in [-0.2, 0) is 12.2 Å². The van der Waals surface area contributed by atoms with Gasteiger partial charge in [-0.3, -0.25) is 4.79 Å². The molecule has 0 saturated carbocycles. The van der Waals surface area contributed by atoms with E-state index in [1.54, 1.807) is 6.07 Å². The van der Waals surface area contributed by atoms with Crippen molar-refractivity contribution in [3.63, 3.8) is 0 Å². The van der Waals surface area contributed by atoms with Gasteiger partial charge in [0.05, 0.1) is 5.69 Å². The molecule has 2 aromatic heterocycles. The van der Waals surface area contributed by atoms with Crippen LogP contribution in [0.25, 0.3) is 11.5 Å². The molecule has 0 radical (unpaired) electrons. The molecule has 1 N–H and O–H groups in total. The zero-order valence-corrected chi connectivity index (χ0v) is 15.4. The molecule has 25 heavy (non-hydrogen) atoms. The molecular weight excluding hydrogens is 334 g/mol. The van der Waals surface area contributed by atoms with Crippen molar-refractivity contribution in [3.8, 4) is 11.5 Å². The Kier molecular flexibility index (Phi) is 5.38. The first kappa shape index (κ1) is 17.5. The highest BCUT2D eigenvalue weighted by atomic mass is 32.2. The molecule has 0 fully saturated rings. The Hall–Kier alpha value is -2.34. The van der Waals surface area contributed by atoms with Gasteiger partial charge in [0.2, 0.25) is 5.89 Å². The zero-order chi connectivity index (χ0) is 17.8. The van der Waals surface area contributed by atoms with E-state index in [0.717, 1.165) is 35.6 Å². The number of aryl methyl sites for hydroxylation is 3. The first-order valence-corrected chi connectivity index (χ1v) is 9.30. The van der Waals surface area contributed by atoms with Crippen LogP contribution in [0.4, 0.5) is 0 Å². The van der Waals surface area contributed by atoms with Crippen LogP contribution < -0.4 is 5.56 Å². The quantitative estimate of drug-likeness (QED) is 0.527. The van der Waals surface area contributed by atoms with Gasteiger partial charge >= 0.3 is 0 Å². The van der Waals surface area contributed by atoms with Crippen molar-refractivity contribution < 1.29 is 4.42 Å². The number of nitrogens with zero attached hydrogens (tertiary/aromatic N) is 2. The van der Waals surface area contributed by atoms with Crippen molar-refractivity contribution >= 4 is 11.8 Å². The second-order valence-electron chi connectivity index (χ2n) is 5.97. The van der Waals surface area contributed by atoms with Crippen LogP contribution in [0.3, 0.4) is 0 Å². The second kappa shape index (κ2) is 7.70. The Morgan fingerprint density at radius 3 is 2.64 bits per heavy atom. The largest absolute Gasteiger partial charge is 0.441 e. The lowest BCUT2D eigenvalue weighted by Crippen LogP contribution is -2.10. The average Bonchev–Trinajstić information content (AvgIpc) is 2.94. The smallest absolute Gasteiger partial charge is 0.251 e. The summed E-state index contributed by atoms with van der Waals surface area (Å²) in [5, 5.41) is 0.621. The summed E-state index contributed by atoms with van der Waals surface area (Å²) >= 11 is 1.46. The zero-order valence-electron chi connectivity index (χ0n) is 14.6. The number of thioether (sulfide) groups is 1. The molecule has 3 rings (SSSR count). The lowest BCUT2D eigenvalue weighted by Gasteiger charge is -2.02. The van der Waals surface area contributed by atoms with Gasteiger partial charge in [-0.15, -0.1) is 0 Å². The van der Waals surface area contributed by atoms with Crippen LogP contribution in [-0.4, -0.2) is 15.0 Å². The van der Waals surface area contributed by atoms with Crippen molar-refractivity contribution in [2.45, 2.75) is 44.5 Å². The number of rotatable bonds is 6. The minimum atomic E-state index is -0.113. The molecule has 5 nitrogen and oxygen atoms in total. The van der Waals surface area contributed by atoms with Crippen LogP contribution in [0.15, 0.2) is 44.7 Å². The van der Waals surface area contributed by atoms with Gasteiger partial charge in [-0.05, 0) is 32.4 Å². The van der Waals surface area contributed by atoms with Crippen LogP contribution in [0.1, 0.15) is 36.1 Å². The fraction of sp³-hybridized carbons (Fsp3) is 0.316. The Bertz CT molecular complexity index is 913. The first-order chi connectivity index (χ1) is 12.0. The van der Waals surface area contributed by atoms with Gasteiger partial charge in [-0.2, -0.15) is 0 Å². The molecule has 0 atom stereocenters. The summed E-state index contributed by atoms with van der Waals surface area (Å²) in [5.41, 5.74) is 3.74. The Morgan fingerprint density at radius 1 is 1.16 bits per heavy atom. The average molecular weight is 355 g/mol. The Morgan fingerprint density at radius 2 is 1.92 bits per heavy atom.